The average Bonchev–Trinajstić information content (AvgIpc) is 2.37. The second-order valence-corrected chi connectivity index (χ2v) is 4.30. The van der Waals surface area contributed by atoms with Gasteiger partial charge in [-0.2, -0.15) is 0 Å². The molecule has 1 rings (SSSR count). The average molecular weight is 248 g/mol. The van der Waals surface area contributed by atoms with E-state index in [0.717, 1.165) is 43.7 Å². The molecule has 3 nitrogen and oxygen atoms in total. The van der Waals surface area contributed by atoms with E-state index in [2.05, 4.69) is 0 Å². The number of carbonyl (C=O) groups is 1. The van der Waals surface area contributed by atoms with Gasteiger partial charge < -0.3 is 10.2 Å². The molecule has 18 heavy (non-hydrogen) atoms. The first kappa shape index (κ1) is 14.5. The van der Waals surface area contributed by atoms with Crippen molar-refractivity contribution < 1.29 is 15.0 Å². The van der Waals surface area contributed by atoms with E-state index in [4.69, 9.17) is 10.2 Å². The molecule has 0 fully saturated rings. The van der Waals surface area contributed by atoms with Crippen LogP contribution in [0, 0.1) is 0 Å². The molecule has 0 saturated carbocycles. The van der Waals surface area contributed by atoms with Gasteiger partial charge in [0, 0.05) is 12.7 Å². The Labute approximate surface area is 108 Å². The van der Waals surface area contributed by atoms with Gasteiger partial charge in [-0.05, 0) is 36.5 Å². The van der Waals surface area contributed by atoms with E-state index in [-0.39, 0.29) is 6.61 Å². The van der Waals surface area contributed by atoms with Crippen molar-refractivity contribution in [3.05, 3.63) is 41.5 Å². The van der Waals surface area contributed by atoms with Crippen LogP contribution in [0.25, 0.3) is 6.08 Å². The van der Waals surface area contributed by atoms with Gasteiger partial charge in [0.05, 0.1) is 0 Å². The lowest BCUT2D eigenvalue weighted by molar-refractivity contribution is -0.131. The molecule has 1 aromatic rings. The molecule has 1 aromatic carbocycles. The Morgan fingerprint density at radius 2 is 1.72 bits per heavy atom. The van der Waals surface area contributed by atoms with Gasteiger partial charge in [-0.1, -0.05) is 37.1 Å². The van der Waals surface area contributed by atoms with Crippen LogP contribution in [0.15, 0.2) is 30.3 Å². The fraction of sp³-hybridized carbons (Fsp3) is 0.400. The number of hydrogen-bond acceptors (Lipinski definition) is 2. The molecule has 0 spiro atoms. The fourth-order valence-corrected chi connectivity index (χ4v) is 1.76. The van der Waals surface area contributed by atoms with Crippen LogP contribution >= 0.6 is 0 Å². The number of aliphatic hydroxyl groups is 1. The number of carboxylic acids is 1. The quantitative estimate of drug-likeness (QED) is 0.549. The molecule has 0 heterocycles. The third-order valence-electron chi connectivity index (χ3n) is 2.77. The van der Waals surface area contributed by atoms with E-state index in [1.807, 2.05) is 24.3 Å². The van der Waals surface area contributed by atoms with Crippen LogP contribution in [0.3, 0.4) is 0 Å². The zero-order valence-corrected chi connectivity index (χ0v) is 10.5. The number of hydrogen-bond donors (Lipinski definition) is 2. The van der Waals surface area contributed by atoms with Crippen LogP contribution in [0.1, 0.15) is 36.8 Å². The first-order valence-electron chi connectivity index (χ1n) is 6.33. The van der Waals surface area contributed by atoms with E-state index < -0.39 is 5.97 Å². The summed E-state index contributed by atoms with van der Waals surface area (Å²) < 4.78 is 0. The Balaban J connectivity index is 2.34. The van der Waals surface area contributed by atoms with Crippen molar-refractivity contribution in [2.24, 2.45) is 0 Å². The van der Waals surface area contributed by atoms with Gasteiger partial charge in [-0.3, -0.25) is 0 Å². The second kappa shape index (κ2) is 8.48. The first-order chi connectivity index (χ1) is 8.72. The lowest BCUT2D eigenvalue weighted by atomic mass is 10.0. The third-order valence-corrected chi connectivity index (χ3v) is 2.77. The summed E-state index contributed by atoms with van der Waals surface area (Å²) in [5.41, 5.74) is 2.17. The molecule has 0 bridgehead atoms. The van der Waals surface area contributed by atoms with Crippen molar-refractivity contribution in [1.82, 2.24) is 0 Å². The molecule has 0 aromatic heterocycles. The van der Waals surface area contributed by atoms with Crippen molar-refractivity contribution in [3.8, 4) is 0 Å². The van der Waals surface area contributed by atoms with Gasteiger partial charge in [-0.15, -0.1) is 0 Å². The maximum absolute atomic E-state index is 10.4. The molecule has 98 valence electrons. The van der Waals surface area contributed by atoms with Gasteiger partial charge in [-0.25, -0.2) is 4.79 Å². The molecule has 0 radical (unpaired) electrons. The summed E-state index contributed by atoms with van der Waals surface area (Å²) in [7, 11) is 0. The topological polar surface area (TPSA) is 57.5 Å². The largest absolute Gasteiger partial charge is 0.478 e. The highest BCUT2D eigenvalue weighted by molar-refractivity contribution is 5.85. The summed E-state index contributed by atoms with van der Waals surface area (Å²) in [6, 6.07) is 7.94. The molecule has 0 unspecified atom stereocenters. The number of carboxylic acid groups (broad SMARTS) is 1. The molecule has 0 saturated heterocycles. The van der Waals surface area contributed by atoms with E-state index >= 15 is 0 Å². The van der Waals surface area contributed by atoms with Crippen LogP contribution in [0.2, 0.25) is 0 Å². The van der Waals surface area contributed by atoms with Crippen LogP contribution in [0.4, 0.5) is 0 Å². The van der Waals surface area contributed by atoms with Crippen molar-refractivity contribution in [2.45, 2.75) is 32.1 Å². The highest BCUT2D eigenvalue weighted by atomic mass is 16.4. The third kappa shape index (κ3) is 6.21. The lowest BCUT2D eigenvalue weighted by Gasteiger charge is -2.02. The standard InChI is InChI=1S/C15H20O3/c16-12-4-2-1-3-5-13-6-8-14(9-7-13)10-11-15(17)18/h6-11,16H,1-5,12H2,(H,17,18). The Morgan fingerprint density at radius 1 is 1.06 bits per heavy atom. The molecule has 0 aliphatic rings. The normalized spacial score (nSPS) is 10.9. The van der Waals surface area contributed by atoms with Crippen LogP contribution in [0.5, 0.6) is 0 Å². The maximum Gasteiger partial charge on any atom is 0.328 e. The minimum Gasteiger partial charge on any atom is -0.478 e. The van der Waals surface area contributed by atoms with E-state index in [9.17, 15) is 4.79 Å². The minimum absolute atomic E-state index is 0.282. The Morgan fingerprint density at radius 3 is 2.33 bits per heavy atom. The van der Waals surface area contributed by atoms with E-state index in [1.54, 1.807) is 6.08 Å². The Kier molecular flexibility index (Phi) is 6.81. The molecule has 2 N–H and O–H groups in total. The van der Waals surface area contributed by atoms with Gasteiger partial charge in [0.2, 0.25) is 0 Å². The number of rotatable bonds is 8. The summed E-state index contributed by atoms with van der Waals surface area (Å²) >= 11 is 0. The van der Waals surface area contributed by atoms with Crippen molar-refractivity contribution in [2.75, 3.05) is 6.61 Å². The monoisotopic (exact) mass is 248 g/mol. The maximum atomic E-state index is 10.4. The highest BCUT2D eigenvalue weighted by Gasteiger charge is 1.95. The van der Waals surface area contributed by atoms with Gasteiger partial charge in [0.15, 0.2) is 0 Å². The van der Waals surface area contributed by atoms with E-state index in [0.29, 0.717) is 0 Å². The summed E-state index contributed by atoms with van der Waals surface area (Å²) in [4.78, 5) is 10.4. The zero-order valence-electron chi connectivity index (χ0n) is 10.5. The number of unbranched alkanes of at least 4 members (excludes halogenated alkanes) is 3. The number of benzene rings is 1. The summed E-state index contributed by atoms with van der Waals surface area (Å²) in [5, 5.41) is 17.2. The zero-order chi connectivity index (χ0) is 13.2. The number of aliphatic hydroxyl groups excluding tert-OH is 1. The molecular weight excluding hydrogens is 228 g/mol. The SMILES string of the molecule is O=C(O)C=Cc1ccc(CCCCCCO)cc1. The molecule has 0 atom stereocenters. The van der Waals surface area contributed by atoms with Crippen molar-refractivity contribution in [3.63, 3.8) is 0 Å². The Bertz CT molecular complexity index is 379. The highest BCUT2D eigenvalue weighted by Crippen LogP contribution is 2.10. The fourth-order valence-electron chi connectivity index (χ4n) is 1.76. The van der Waals surface area contributed by atoms with Crippen LogP contribution in [-0.4, -0.2) is 22.8 Å². The van der Waals surface area contributed by atoms with Crippen LogP contribution in [-0.2, 0) is 11.2 Å². The van der Waals surface area contributed by atoms with Crippen molar-refractivity contribution in [1.29, 1.82) is 0 Å². The number of aliphatic carboxylic acids is 1. The molecule has 0 aliphatic carbocycles. The lowest BCUT2D eigenvalue weighted by Crippen LogP contribution is -1.88. The number of aryl methyl sites for hydroxylation is 1. The first-order valence-corrected chi connectivity index (χ1v) is 6.33. The van der Waals surface area contributed by atoms with Crippen LogP contribution < -0.4 is 0 Å². The van der Waals surface area contributed by atoms with Gasteiger partial charge >= 0.3 is 5.97 Å². The molecular formula is C15H20O3. The predicted octanol–water partition coefficient (Wildman–Crippen LogP) is 2.88. The Hall–Kier alpha value is -1.61. The van der Waals surface area contributed by atoms with E-state index in [1.165, 1.54) is 5.56 Å². The smallest absolute Gasteiger partial charge is 0.328 e. The molecule has 3 heteroatoms. The van der Waals surface area contributed by atoms with Gasteiger partial charge in [0.1, 0.15) is 0 Å². The summed E-state index contributed by atoms with van der Waals surface area (Å²) in [6.45, 7) is 0.282. The second-order valence-electron chi connectivity index (χ2n) is 4.30. The summed E-state index contributed by atoms with van der Waals surface area (Å²) in [5.74, 6) is -0.928. The summed E-state index contributed by atoms with van der Waals surface area (Å²) in [6.07, 6.45) is 8.01. The van der Waals surface area contributed by atoms with Gasteiger partial charge in [0.25, 0.3) is 0 Å². The van der Waals surface area contributed by atoms with Crippen molar-refractivity contribution >= 4 is 12.0 Å². The minimum atomic E-state index is -0.928. The molecule has 0 aliphatic heterocycles. The predicted molar refractivity (Wildman–Crippen MR) is 72.4 cm³/mol. The molecule has 0 amide bonds.